The van der Waals surface area contributed by atoms with Crippen LogP contribution in [0.5, 0.6) is 11.5 Å². The third-order valence-electron chi connectivity index (χ3n) is 4.88. The maximum absolute atomic E-state index is 13.2. The van der Waals surface area contributed by atoms with Crippen LogP contribution in [0.15, 0.2) is 34.2 Å². The molecule has 12 heteroatoms. The van der Waals surface area contributed by atoms with Crippen molar-refractivity contribution >= 4 is 16.1 Å². The molecule has 0 bridgehead atoms. The first-order valence-electron chi connectivity index (χ1n) is 8.81. The maximum Gasteiger partial charge on any atom is 0.586 e. The Bertz CT molecular complexity index is 963. The molecule has 29 heavy (non-hydrogen) atoms. The molecule has 2 amide bonds. The number of ether oxygens (including phenoxy) is 3. The van der Waals surface area contributed by atoms with Crippen LogP contribution in [0, 0.1) is 0 Å². The molecule has 0 atom stereocenters. The average molecular weight is 431 g/mol. The highest BCUT2D eigenvalue weighted by Gasteiger charge is 2.44. The molecule has 3 aliphatic rings. The van der Waals surface area contributed by atoms with Gasteiger partial charge in [-0.2, -0.15) is 4.31 Å². The number of nitrogens with zero attached hydrogens (tertiary/aromatic N) is 2. The van der Waals surface area contributed by atoms with Crippen LogP contribution in [0.1, 0.15) is 0 Å². The van der Waals surface area contributed by atoms with Crippen molar-refractivity contribution in [3.8, 4) is 11.5 Å². The molecular weight excluding hydrogens is 412 g/mol. The van der Waals surface area contributed by atoms with Gasteiger partial charge in [0, 0.05) is 45.9 Å². The van der Waals surface area contributed by atoms with Crippen LogP contribution in [0.2, 0.25) is 0 Å². The van der Waals surface area contributed by atoms with Crippen LogP contribution >= 0.6 is 0 Å². The van der Waals surface area contributed by atoms with Gasteiger partial charge in [-0.05, 0) is 23.3 Å². The molecule has 0 aromatic heterocycles. The smallest absolute Gasteiger partial charge is 0.395 e. The van der Waals surface area contributed by atoms with Crippen molar-refractivity contribution in [1.29, 1.82) is 0 Å². The number of carbonyl (C=O) groups excluding carboxylic acids is 1. The van der Waals surface area contributed by atoms with E-state index >= 15 is 0 Å². The number of urea groups is 1. The predicted octanol–water partition coefficient (Wildman–Crippen LogP) is 0.981. The van der Waals surface area contributed by atoms with Crippen LogP contribution in [0.3, 0.4) is 0 Å². The van der Waals surface area contributed by atoms with Crippen molar-refractivity contribution < 1.29 is 36.2 Å². The Kier molecular flexibility index (Phi) is 4.87. The fraction of sp³-hybridized carbons (Fsp3) is 0.471. The quantitative estimate of drug-likeness (QED) is 0.552. The molecule has 9 nitrogen and oxygen atoms in total. The van der Waals surface area contributed by atoms with Gasteiger partial charge in [0.2, 0.25) is 10.0 Å². The molecule has 4 rings (SSSR count). The van der Waals surface area contributed by atoms with Gasteiger partial charge in [0.05, 0.1) is 11.5 Å². The van der Waals surface area contributed by atoms with Crippen molar-refractivity contribution in [3.63, 3.8) is 0 Å². The lowest BCUT2D eigenvalue weighted by Gasteiger charge is -2.23. The molecule has 3 heterocycles. The molecule has 158 valence electrons. The summed E-state index contributed by atoms with van der Waals surface area (Å²) in [6.07, 6.45) is -3.81. The highest BCUT2D eigenvalue weighted by atomic mass is 32.2. The van der Waals surface area contributed by atoms with Gasteiger partial charge in [0.25, 0.3) is 0 Å². The summed E-state index contributed by atoms with van der Waals surface area (Å²) in [4.78, 5) is 13.6. The zero-order chi connectivity index (χ0) is 20.8. The normalized spacial score (nSPS) is 20.3. The monoisotopic (exact) mass is 431 g/mol. The van der Waals surface area contributed by atoms with E-state index in [1.165, 1.54) is 10.4 Å². The molecule has 0 radical (unpaired) electrons. The van der Waals surface area contributed by atoms with Crippen molar-refractivity contribution in [2.24, 2.45) is 0 Å². The first kappa shape index (κ1) is 19.9. The molecule has 0 unspecified atom stereocenters. The average Bonchev–Trinajstić information content (AvgIpc) is 3.30. The lowest BCUT2D eigenvalue weighted by molar-refractivity contribution is -0.286. The Hall–Kier alpha value is -2.44. The zero-order valence-electron chi connectivity index (χ0n) is 15.5. The number of hydrogen-bond donors (Lipinski definition) is 1. The number of carbonyl (C=O) groups is 1. The summed E-state index contributed by atoms with van der Waals surface area (Å²) in [6, 6.07) is 3.15. The van der Waals surface area contributed by atoms with E-state index in [2.05, 4.69) is 14.8 Å². The third kappa shape index (κ3) is 3.74. The summed E-state index contributed by atoms with van der Waals surface area (Å²) in [5, 5.41) is 2.73. The van der Waals surface area contributed by atoms with Gasteiger partial charge in [0.15, 0.2) is 11.5 Å². The fourth-order valence-electron chi connectivity index (χ4n) is 3.47. The second kappa shape index (κ2) is 7.11. The van der Waals surface area contributed by atoms with Crippen LogP contribution in [-0.4, -0.2) is 76.4 Å². The molecule has 0 spiro atoms. The molecule has 0 saturated heterocycles. The van der Waals surface area contributed by atoms with Gasteiger partial charge in [-0.25, -0.2) is 13.2 Å². The molecule has 1 aromatic rings. The molecule has 1 aromatic carbocycles. The van der Waals surface area contributed by atoms with E-state index < -0.39 is 16.3 Å². The van der Waals surface area contributed by atoms with Crippen LogP contribution in [0.4, 0.5) is 13.6 Å². The molecule has 0 aliphatic carbocycles. The van der Waals surface area contributed by atoms with Crippen molar-refractivity contribution in [2.45, 2.75) is 11.2 Å². The van der Waals surface area contributed by atoms with E-state index in [4.69, 9.17) is 4.74 Å². The van der Waals surface area contributed by atoms with Gasteiger partial charge in [-0.1, -0.05) is 0 Å². The molecular formula is C17H19F2N3O6S. The van der Waals surface area contributed by atoms with E-state index in [1.54, 1.807) is 12.0 Å². The van der Waals surface area contributed by atoms with Crippen LogP contribution in [0.25, 0.3) is 0 Å². The van der Waals surface area contributed by atoms with E-state index in [1.807, 2.05) is 0 Å². The SMILES string of the molecule is COCCNC(=O)N1CC2=C(C1)CN(S(=O)(=O)c1ccc3c(c1)OC(F)(F)O3)C2. The number of methoxy groups -OCH3 is 1. The summed E-state index contributed by atoms with van der Waals surface area (Å²) >= 11 is 0. The fourth-order valence-corrected chi connectivity index (χ4v) is 4.92. The number of hydrogen-bond acceptors (Lipinski definition) is 6. The third-order valence-corrected chi connectivity index (χ3v) is 6.67. The van der Waals surface area contributed by atoms with Gasteiger partial charge in [-0.3, -0.25) is 0 Å². The molecule has 0 saturated carbocycles. The predicted molar refractivity (Wildman–Crippen MR) is 95.3 cm³/mol. The van der Waals surface area contributed by atoms with Crippen molar-refractivity contribution in [3.05, 3.63) is 29.3 Å². The number of amides is 2. The lowest BCUT2D eigenvalue weighted by atomic mass is 10.2. The van der Waals surface area contributed by atoms with Crippen LogP contribution < -0.4 is 14.8 Å². The largest absolute Gasteiger partial charge is 0.586 e. The second-order valence-electron chi connectivity index (χ2n) is 6.84. The zero-order valence-corrected chi connectivity index (χ0v) is 16.3. The Balaban J connectivity index is 1.41. The Morgan fingerprint density at radius 2 is 1.83 bits per heavy atom. The van der Waals surface area contributed by atoms with Crippen molar-refractivity contribution in [1.82, 2.24) is 14.5 Å². The summed E-state index contributed by atoms with van der Waals surface area (Å²) in [6.45, 7) is 1.76. The minimum atomic E-state index is -3.92. The summed E-state index contributed by atoms with van der Waals surface area (Å²) < 4.78 is 67.0. The van der Waals surface area contributed by atoms with Gasteiger partial charge in [0.1, 0.15) is 0 Å². The Labute approximate surface area is 165 Å². The topological polar surface area (TPSA) is 97.4 Å². The van der Waals surface area contributed by atoms with E-state index in [-0.39, 0.29) is 35.5 Å². The lowest BCUT2D eigenvalue weighted by Crippen LogP contribution is -2.42. The number of benzene rings is 1. The second-order valence-corrected chi connectivity index (χ2v) is 8.77. The van der Waals surface area contributed by atoms with E-state index in [0.717, 1.165) is 23.3 Å². The highest BCUT2D eigenvalue weighted by Crippen LogP contribution is 2.42. The van der Waals surface area contributed by atoms with Crippen molar-refractivity contribution in [2.75, 3.05) is 46.4 Å². The summed E-state index contributed by atoms with van der Waals surface area (Å²) in [5.74, 6) is -0.541. The number of halogens is 2. The highest BCUT2D eigenvalue weighted by molar-refractivity contribution is 7.89. The molecule has 1 N–H and O–H groups in total. The van der Waals surface area contributed by atoms with E-state index in [0.29, 0.717) is 26.2 Å². The number of sulfonamides is 1. The number of alkyl halides is 2. The van der Waals surface area contributed by atoms with Gasteiger partial charge < -0.3 is 24.4 Å². The summed E-state index contributed by atoms with van der Waals surface area (Å²) in [5.41, 5.74) is 1.73. The standard InChI is InChI=1S/C17H19F2N3O6S/c1-26-5-4-20-16(23)21-7-11-9-22(10-12(11)8-21)29(24,25)13-2-3-14-15(6-13)28-17(18,19)27-14/h2-3,6H,4-5,7-10H2,1H3,(H,20,23). The number of nitrogens with one attached hydrogen (secondary N) is 1. The number of rotatable bonds is 5. The first-order chi connectivity index (χ1) is 13.7. The minimum absolute atomic E-state index is 0.143. The summed E-state index contributed by atoms with van der Waals surface area (Å²) in [7, 11) is -2.38. The molecule has 0 fully saturated rings. The Morgan fingerprint density at radius 1 is 1.17 bits per heavy atom. The maximum atomic E-state index is 13.2. The van der Waals surface area contributed by atoms with Gasteiger partial charge in [-0.15, -0.1) is 8.78 Å². The number of fused-ring (bicyclic) bond motifs is 1. The Morgan fingerprint density at radius 3 is 2.48 bits per heavy atom. The first-order valence-corrected chi connectivity index (χ1v) is 10.2. The van der Waals surface area contributed by atoms with Gasteiger partial charge >= 0.3 is 12.3 Å². The molecule has 3 aliphatic heterocycles. The minimum Gasteiger partial charge on any atom is -0.395 e. The van der Waals surface area contributed by atoms with Crippen LogP contribution in [-0.2, 0) is 14.8 Å². The van der Waals surface area contributed by atoms with E-state index in [9.17, 15) is 22.0 Å².